The summed E-state index contributed by atoms with van der Waals surface area (Å²) in [6.07, 6.45) is 1.03. The summed E-state index contributed by atoms with van der Waals surface area (Å²) in [5.41, 5.74) is 0. The molecule has 1 saturated heterocycles. The highest BCUT2D eigenvalue weighted by Crippen LogP contribution is 2.08. The second-order valence-corrected chi connectivity index (χ2v) is 3.14. The fourth-order valence-corrected chi connectivity index (χ4v) is 1.44. The summed E-state index contributed by atoms with van der Waals surface area (Å²) < 4.78 is 0. The highest BCUT2D eigenvalue weighted by molar-refractivity contribution is 5.82. The zero-order chi connectivity index (χ0) is 8.43. The molecule has 0 aromatic heterocycles. The molecule has 64 valence electrons. The molecule has 0 spiro atoms. The lowest BCUT2D eigenvalue weighted by atomic mass is 10.1. The zero-order valence-electron chi connectivity index (χ0n) is 7.42. The van der Waals surface area contributed by atoms with Gasteiger partial charge in [0.25, 0.3) is 0 Å². The molecule has 0 aromatic rings. The molecule has 1 heterocycles. The van der Waals surface area contributed by atoms with Crippen molar-refractivity contribution >= 4 is 5.91 Å². The van der Waals surface area contributed by atoms with Crippen molar-refractivity contribution in [1.82, 2.24) is 10.2 Å². The van der Waals surface area contributed by atoms with E-state index in [0.717, 1.165) is 13.0 Å². The lowest BCUT2D eigenvalue weighted by Gasteiger charge is -2.35. The summed E-state index contributed by atoms with van der Waals surface area (Å²) in [6.45, 7) is 4.94. The van der Waals surface area contributed by atoms with Crippen molar-refractivity contribution in [3.63, 3.8) is 0 Å². The summed E-state index contributed by atoms with van der Waals surface area (Å²) in [4.78, 5) is 13.2. The molecule has 0 unspecified atom stereocenters. The summed E-state index contributed by atoms with van der Waals surface area (Å²) in [5.74, 6) is 0.211. The molecule has 2 atom stereocenters. The SMILES string of the molecule is CC[C@H]1CN[C@H](C)C(=O)N1C. The highest BCUT2D eigenvalue weighted by Gasteiger charge is 2.27. The van der Waals surface area contributed by atoms with Crippen molar-refractivity contribution in [2.45, 2.75) is 32.4 Å². The van der Waals surface area contributed by atoms with Gasteiger partial charge in [-0.25, -0.2) is 0 Å². The van der Waals surface area contributed by atoms with Crippen LogP contribution in [0, 0.1) is 0 Å². The van der Waals surface area contributed by atoms with Gasteiger partial charge < -0.3 is 10.2 Å². The van der Waals surface area contributed by atoms with E-state index in [9.17, 15) is 4.79 Å². The Hall–Kier alpha value is -0.570. The van der Waals surface area contributed by atoms with E-state index in [1.54, 1.807) is 0 Å². The van der Waals surface area contributed by atoms with Crippen molar-refractivity contribution in [2.75, 3.05) is 13.6 Å². The van der Waals surface area contributed by atoms with E-state index in [0.29, 0.717) is 6.04 Å². The Labute approximate surface area is 67.8 Å². The summed E-state index contributed by atoms with van der Waals surface area (Å²) in [5, 5.41) is 3.17. The maximum atomic E-state index is 11.4. The minimum absolute atomic E-state index is 0.00259. The Morgan fingerprint density at radius 3 is 2.91 bits per heavy atom. The van der Waals surface area contributed by atoms with Crippen molar-refractivity contribution in [2.24, 2.45) is 0 Å². The van der Waals surface area contributed by atoms with Gasteiger partial charge in [-0.1, -0.05) is 6.92 Å². The third kappa shape index (κ3) is 1.53. The second-order valence-electron chi connectivity index (χ2n) is 3.14. The molecule has 0 aromatic carbocycles. The number of nitrogens with one attached hydrogen (secondary N) is 1. The van der Waals surface area contributed by atoms with Crippen LogP contribution in [0.2, 0.25) is 0 Å². The van der Waals surface area contributed by atoms with Gasteiger partial charge in [-0.2, -0.15) is 0 Å². The third-order valence-corrected chi connectivity index (χ3v) is 2.40. The molecule has 0 radical (unpaired) electrons. The van der Waals surface area contributed by atoms with Crippen molar-refractivity contribution in [1.29, 1.82) is 0 Å². The molecule has 11 heavy (non-hydrogen) atoms. The molecule has 1 rings (SSSR count). The van der Waals surface area contributed by atoms with Crippen LogP contribution < -0.4 is 5.32 Å². The molecular formula is C8H16N2O. The Balaban J connectivity index is 2.59. The molecule has 1 amide bonds. The monoisotopic (exact) mass is 156 g/mol. The lowest BCUT2D eigenvalue weighted by molar-refractivity contribution is -0.136. The largest absolute Gasteiger partial charge is 0.340 e. The fourth-order valence-electron chi connectivity index (χ4n) is 1.44. The van der Waals surface area contributed by atoms with Gasteiger partial charge in [0.05, 0.1) is 6.04 Å². The molecule has 3 heteroatoms. The fraction of sp³-hybridized carbons (Fsp3) is 0.875. The molecule has 1 aliphatic heterocycles. The van der Waals surface area contributed by atoms with Gasteiger partial charge >= 0.3 is 0 Å². The standard InChI is InChI=1S/C8H16N2O/c1-4-7-5-9-6(2)8(11)10(7)3/h6-7,9H,4-5H2,1-3H3/t6-,7+/m1/s1. The number of piperazine rings is 1. The van der Waals surface area contributed by atoms with Gasteiger partial charge in [0.1, 0.15) is 0 Å². The topological polar surface area (TPSA) is 32.3 Å². The number of hydrogen-bond acceptors (Lipinski definition) is 2. The predicted octanol–water partition coefficient (Wildman–Crippen LogP) is 0.215. The van der Waals surface area contributed by atoms with Gasteiger partial charge in [-0.05, 0) is 13.3 Å². The Bertz CT molecular complexity index is 158. The van der Waals surface area contributed by atoms with Gasteiger partial charge in [0.15, 0.2) is 0 Å². The first-order chi connectivity index (χ1) is 5.16. The number of likely N-dealkylation sites (N-methyl/N-ethyl adjacent to an activating group) is 1. The van der Waals surface area contributed by atoms with Gasteiger partial charge in [-0.3, -0.25) is 4.79 Å². The van der Waals surface area contributed by atoms with Crippen LogP contribution in [0.1, 0.15) is 20.3 Å². The van der Waals surface area contributed by atoms with E-state index in [1.165, 1.54) is 0 Å². The second kappa shape index (κ2) is 3.22. The molecule has 1 aliphatic rings. The lowest BCUT2D eigenvalue weighted by Crippen LogP contribution is -2.57. The van der Waals surface area contributed by atoms with Crippen LogP contribution in [0.15, 0.2) is 0 Å². The Morgan fingerprint density at radius 1 is 1.73 bits per heavy atom. The van der Waals surface area contributed by atoms with Crippen LogP contribution in [0.5, 0.6) is 0 Å². The van der Waals surface area contributed by atoms with Gasteiger partial charge in [-0.15, -0.1) is 0 Å². The van der Waals surface area contributed by atoms with Crippen LogP contribution in [-0.4, -0.2) is 36.5 Å². The van der Waals surface area contributed by atoms with E-state index >= 15 is 0 Å². The number of carbonyl (C=O) groups excluding carboxylic acids is 1. The number of hydrogen-bond donors (Lipinski definition) is 1. The summed E-state index contributed by atoms with van der Waals surface area (Å²) in [6, 6.07) is 0.390. The van der Waals surface area contributed by atoms with E-state index in [-0.39, 0.29) is 11.9 Å². The molecule has 0 aliphatic carbocycles. The van der Waals surface area contributed by atoms with Gasteiger partial charge in [0.2, 0.25) is 5.91 Å². The summed E-state index contributed by atoms with van der Waals surface area (Å²) >= 11 is 0. The Morgan fingerprint density at radius 2 is 2.36 bits per heavy atom. The minimum Gasteiger partial charge on any atom is -0.340 e. The first kappa shape index (κ1) is 8.53. The summed E-state index contributed by atoms with van der Waals surface area (Å²) in [7, 11) is 1.88. The van der Waals surface area contributed by atoms with Crippen molar-refractivity contribution < 1.29 is 4.79 Å². The van der Waals surface area contributed by atoms with Crippen LogP contribution in [-0.2, 0) is 4.79 Å². The first-order valence-corrected chi connectivity index (χ1v) is 4.17. The number of carbonyl (C=O) groups is 1. The number of rotatable bonds is 1. The predicted molar refractivity (Wildman–Crippen MR) is 44.3 cm³/mol. The van der Waals surface area contributed by atoms with E-state index in [1.807, 2.05) is 18.9 Å². The van der Waals surface area contributed by atoms with Gasteiger partial charge in [0, 0.05) is 19.6 Å². The number of nitrogens with zero attached hydrogens (tertiary/aromatic N) is 1. The molecule has 0 bridgehead atoms. The van der Waals surface area contributed by atoms with Crippen LogP contribution in [0.25, 0.3) is 0 Å². The molecule has 1 N–H and O–H groups in total. The molecule has 1 fully saturated rings. The quantitative estimate of drug-likeness (QED) is 0.589. The average Bonchev–Trinajstić information content (AvgIpc) is 2.01. The third-order valence-electron chi connectivity index (χ3n) is 2.40. The van der Waals surface area contributed by atoms with Crippen LogP contribution in [0.3, 0.4) is 0 Å². The van der Waals surface area contributed by atoms with E-state index < -0.39 is 0 Å². The van der Waals surface area contributed by atoms with E-state index in [4.69, 9.17) is 0 Å². The minimum atomic E-state index is 0.00259. The van der Waals surface area contributed by atoms with Crippen LogP contribution in [0.4, 0.5) is 0 Å². The normalized spacial score (nSPS) is 32.6. The number of amides is 1. The maximum Gasteiger partial charge on any atom is 0.239 e. The highest BCUT2D eigenvalue weighted by atomic mass is 16.2. The smallest absolute Gasteiger partial charge is 0.239 e. The van der Waals surface area contributed by atoms with Crippen molar-refractivity contribution in [3.05, 3.63) is 0 Å². The molecular weight excluding hydrogens is 140 g/mol. The first-order valence-electron chi connectivity index (χ1n) is 4.17. The maximum absolute atomic E-state index is 11.4. The molecule has 3 nitrogen and oxygen atoms in total. The van der Waals surface area contributed by atoms with Crippen molar-refractivity contribution in [3.8, 4) is 0 Å². The average molecular weight is 156 g/mol. The Kier molecular flexibility index (Phi) is 2.49. The zero-order valence-corrected chi connectivity index (χ0v) is 7.42. The van der Waals surface area contributed by atoms with Crippen LogP contribution >= 0.6 is 0 Å². The van der Waals surface area contributed by atoms with E-state index in [2.05, 4.69) is 12.2 Å². The molecule has 0 saturated carbocycles.